The van der Waals surface area contributed by atoms with Crippen molar-refractivity contribution < 1.29 is 0 Å². The van der Waals surface area contributed by atoms with Crippen LogP contribution in [0.1, 0.15) is 81.5 Å². The standard InChI is InChI=1S/C18H26/c1-6-7-14-8-16-10-15(12(2)3)11-17(13(4)5)18(16)9-14/h9-13H,6-8H2,1-5H3. The van der Waals surface area contributed by atoms with E-state index in [0.29, 0.717) is 11.8 Å². The Labute approximate surface area is 112 Å². The van der Waals surface area contributed by atoms with E-state index in [4.69, 9.17) is 0 Å². The molecule has 0 N–H and O–H groups in total. The molecule has 0 spiro atoms. The topological polar surface area (TPSA) is 0 Å². The molecule has 98 valence electrons. The van der Waals surface area contributed by atoms with Gasteiger partial charge in [0.15, 0.2) is 0 Å². The summed E-state index contributed by atoms with van der Waals surface area (Å²) < 4.78 is 0. The lowest BCUT2D eigenvalue weighted by Crippen LogP contribution is -1.99. The second-order valence-electron chi connectivity index (χ2n) is 6.22. The van der Waals surface area contributed by atoms with E-state index in [1.54, 1.807) is 16.7 Å². The summed E-state index contributed by atoms with van der Waals surface area (Å²) in [7, 11) is 0. The average Bonchev–Trinajstić information content (AvgIpc) is 2.69. The van der Waals surface area contributed by atoms with Crippen molar-refractivity contribution >= 4 is 6.08 Å². The molecule has 0 aromatic heterocycles. The third-order valence-corrected chi connectivity index (χ3v) is 3.95. The van der Waals surface area contributed by atoms with E-state index in [1.165, 1.54) is 30.4 Å². The minimum atomic E-state index is 0.620. The van der Waals surface area contributed by atoms with Crippen molar-refractivity contribution in [3.63, 3.8) is 0 Å². The smallest absolute Gasteiger partial charge is 0.00576 e. The summed E-state index contributed by atoms with van der Waals surface area (Å²) in [4.78, 5) is 0. The van der Waals surface area contributed by atoms with E-state index in [0.717, 1.165) is 0 Å². The first-order valence-electron chi connectivity index (χ1n) is 7.39. The fourth-order valence-corrected chi connectivity index (χ4v) is 2.88. The molecule has 1 aromatic carbocycles. The zero-order valence-corrected chi connectivity index (χ0v) is 12.5. The Morgan fingerprint density at radius 1 is 1.06 bits per heavy atom. The Hall–Kier alpha value is -1.04. The highest BCUT2D eigenvalue weighted by molar-refractivity contribution is 5.68. The predicted octanol–water partition coefficient (Wildman–Crippen LogP) is 5.67. The summed E-state index contributed by atoms with van der Waals surface area (Å²) in [6, 6.07) is 4.87. The summed E-state index contributed by atoms with van der Waals surface area (Å²) >= 11 is 0. The van der Waals surface area contributed by atoms with Gasteiger partial charge in [-0.15, -0.1) is 0 Å². The molecule has 2 rings (SSSR count). The van der Waals surface area contributed by atoms with Crippen LogP contribution in [0.4, 0.5) is 0 Å². The lowest BCUT2D eigenvalue weighted by molar-refractivity contribution is 0.827. The zero-order chi connectivity index (χ0) is 13.3. The molecule has 0 fully saturated rings. The van der Waals surface area contributed by atoms with E-state index in [9.17, 15) is 0 Å². The average molecular weight is 242 g/mol. The van der Waals surface area contributed by atoms with Gasteiger partial charge in [-0.1, -0.05) is 64.8 Å². The van der Waals surface area contributed by atoms with Crippen molar-refractivity contribution in [3.8, 4) is 0 Å². The fourth-order valence-electron chi connectivity index (χ4n) is 2.88. The Balaban J connectivity index is 2.45. The summed E-state index contributed by atoms with van der Waals surface area (Å²) in [5.74, 6) is 1.25. The van der Waals surface area contributed by atoms with Gasteiger partial charge in [0.2, 0.25) is 0 Å². The minimum absolute atomic E-state index is 0.620. The van der Waals surface area contributed by atoms with Crippen molar-refractivity contribution in [2.24, 2.45) is 0 Å². The highest BCUT2D eigenvalue weighted by Crippen LogP contribution is 2.36. The van der Waals surface area contributed by atoms with Crippen molar-refractivity contribution in [1.82, 2.24) is 0 Å². The van der Waals surface area contributed by atoms with E-state index < -0.39 is 0 Å². The third kappa shape index (κ3) is 2.53. The van der Waals surface area contributed by atoms with Gasteiger partial charge < -0.3 is 0 Å². The molecule has 0 saturated carbocycles. The lowest BCUT2D eigenvalue weighted by atomic mass is 9.89. The van der Waals surface area contributed by atoms with Crippen LogP contribution in [0, 0.1) is 0 Å². The maximum Gasteiger partial charge on any atom is -0.00576 e. The zero-order valence-electron chi connectivity index (χ0n) is 12.5. The maximum absolute atomic E-state index is 2.46. The first kappa shape index (κ1) is 13.4. The summed E-state index contributed by atoms with van der Waals surface area (Å²) in [5.41, 5.74) is 7.76. The highest BCUT2D eigenvalue weighted by atomic mass is 14.2. The minimum Gasteiger partial charge on any atom is -0.0652 e. The number of allylic oxidation sites excluding steroid dienone is 1. The predicted molar refractivity (Wildman–Crippen MR) is 81.2 cm³/mol. The van der Waals surface area contributed by atoms with Crippen LogP contribution in [-0.4, -0.2) is 0 Å². The van der Waals surface area contributed by atoms with Gasteiger partial charge in [0.25, 0.3) is 0 Å². The molecule has 1 aromatic rings. The van der Waals surface area contributed by atoms with Crippen molar-refractivity contribution in [2.45, 2.75) is 65.7 Å². The third-order valence-electron chi connectivity index (χ3n) is 3.95. The molecule has 0 amide bonds. The molecule has 0 atom stereocenters. The van der Waals surface area contributed by atoms with Crippen molar-refractivity contribution in [1.29, 1.82) is 0 Å². The van der Waals surface area contributed by atoms with Gasteiger partial charge >= 0.3 is 0 Å². The quantitative estimate of drug-likeness (QED) is 0.638. The van der Waals surface area contributed by atoms with E-state index >= 15 is 0 Å². The molecule has 0 aliphatic heterocycles. The molecule has 1 aliphatic carbocycles. The first-order valence-corrected chi connectivity index (χ1v) is 7.39. The molecule has 0 saturated heterocycles. The van der Waals surface area contributed by atoms with Gasteiger partial charge in [-0.3, -0.25) is 0 Å². The summed E-state index contributed by atoms with van der Waals surface area (Å²) in [5, 5.41) is 0. The molecule has 0 bridgehead atoms. The monoisotopic (exact) mass is 242 g/mol. The van der Waals surface area contributed by atoms with E-state index in [-0.39, 0.29) is 0 Å². The van der Waals surface area contributed by atoms with Crippen LogP contribution in [-0.2, 0) is 6.42 Å². The van der Waals surface area contributed by atoms with E-state index in [1.807, 2.05) is 0 Å². The lowest BCUT2D eigenvalue weighted by Gasteiger charge is -2.16. The molecule has 0 radical (unpaired) electrons. The largest absolute Gasteiger partial charge is 0.0652 e. The Kier molecular flexibility index (Phi) is 3.94. The maximum atomic E-state index is 2.46. The Bertz CT molecular complexity index is 461. The molecule has 0 unspecified atom stereocenters. The first-order chi connectivity index (χ1) is 8.52. The van der Waals surface area contributed by atoms with Gasteiger partial charge in [0.1, 0.15) is 0 Å². The van der Waals surface area contributed by atoms with Crippen LogP contribution in [0.3, 0.4) is 0 Å². The van der Waals surface area contributed by atoms with Crippen LogP contribution in [0.25, 0.3) is 6.08 Å². The molecule has 0 heterocycles. The van der Waals surface area contributed by atoms with Crippen LogP contribution in [0.2, 0.25) is 0 Å². The Morgan fingerprint density at radius 3 is 2.33 bits per heavy atom. The Morgan fingerprint density at radius 2 is 1.78 bits per heavy atom. The number of rotatable bonds is 4. The SMILES string of the molecule is CCCC1=Cc2c(cc(C(C)C)cc2C(C)C)C1. The van der Waals surface area contributed by atoms with Crippen molar-refractivity contribution in [2.75, 3.05) is 0 Å². The van der Waals surface area contributed by atoms with Gasteiger partial charge in [0, 0.05) is 0 Å². The fraction of sp³-hybridized carbons (Fsp3) is 0.556. The molecule has 18 heavy (non-hydrogen) atoms. The number of fused-ring (bicyclic) bond motifs is 1. The molecule has 0 heteroatoms. The van der Waals surface area contributed by atoms with Gasteiger partial charge in [-0.25, -0.2) is 0 Å². The number of hydrogen-bond donors (Lipinski definition) is 0. The highest BCUT2D eigenvalue weighted by Gasteiger charge is 2.19. The molecular weight excluding hydrogens is 216 g/mol. The summed E-state index contributed by atoms with van der Waals surface area (Å²) in [6.07, 6.45) is 6.15. The van der Waals surface area contributed by atoms with Crippen LogP contribution in [0.15, 0.2) is 17.7 Å². The van der Waals surface area contributed by atoms with Gasteiger partial charge in [-0.05, 0) is 46.9 Å². The number of benzene rings is 1. The van der Waals surface area contributed by atoms with Crippen LogP contribution < -0.4 is 0 Å². The van der Waals surface area contributed by atoms with Gasteiger partial charge in [-0.2, -0.15) is 0 Å². The molecular formula is C18H26. The van der Waals surface area contributed by atoms with E-state index in [2.05, 4.69) is 52.8 Å². The summed E-state index contributed by atoms with van der Waals surface area (Å²) in [6.45, 7) is 11.5. The van der Waals surface area contributed by atoms with Crippen LogP contribution in [0.5, 0.6) is 0 Å². The molecule has 1 aliphatic rings. The van der Waals surface area contributed by atoms with Crippen molar-refractivity contribution in [3.05, 3.63) is 40.0 Å². The second-order valence-corrected chi connectivity index (χ2v) is 6.22. The van der Waals surface area contributed by atoms with Gasteiger partial charge in [0.05, 0.1) is 0 Å². The number of hydrogen-bond acceptors (Lipinski definition) is 0. The van der Waals surface area contributed by atoms with Crippen LogP contribution >= 0.6 is 0 Å². The molecule has 0 nitrogen and oxygen atoms in total. The normalized spacial score (nSPS) is 14.3. The second kappa shape index (κ2) is 5.30.